The Balaban J connectivity index is 2.20. The third-order valence-electron chi connectivity index (χ3n) is 2.65. The van der Waals surface area contributed by atoms with Crippen LogP contribution in [-0.2, 0) is 0 Å². The van der Waals surface area contributed by atoms with E-state index in [2.05, 4.69) is 10.3 Å². The van der Waals surface area contributed by atoms with Crippen LogP contribution in [0.25, 0.3) is 0 Å². The summed E-state index contributed by atoms with van der Waals surface area (Å²) in [5, 5.41) is 6.05. The highest BCUT2D eigenvalue weighted by Gasteiger charge is 2.18. The number of halogens is 2. The molecule has 0 saturated heterocycles. The highest BCUT2D eigenvalue weighted by molar-refractivity contribution is 7.09. The number of thiazole rings is 1. The van der Waals surface area contributed by atoms with Gasteiger partial charge in [0.25, 0.3) is 5.91 Å². The summed E-state index contributed by atoms with van der Waals surface area (Å²) in [6.07, 6.45) is 0. The van der Waals surface area contributed by atoms with Crippen LogP contribution in [0.3, 0.4) is 0 Å². The monoisotopic (exact) mass is 329 g/mol. The molecule has 4 nitrogen and oxygen atoms in total. The molecule has 1 aromatic carbocycles. The van der Waals surface area contributed by atoms with Gasteiger partial charge in [-0.3, -0.25) is 4.79 Å². The molecule has 3 N–H and O–H groups in total. The molecule has 0 radical (unpaired) electrons. The van der Waals surface area contributed by atoms with Crippen molar-refractivity contribution in [1.29, 1.82) is 0 Å². The number of rotatable bonds is 3. The second-order valence-corrected chi connectivity index (χ2v) is 6.06. The van der Waals surface area contributed by atoms with Crippen LogP contribution in [0.1, 0.15) is 34.0 Å². The van der Waals surface area contributed by atoms with Gasteiger partial charge >= 0.3 is 0 Å². The summed E-state index contributed by atoms with van der Waals surface area (Å²) in [4.78, 5) is 16.6. The number of nitrogens with one attached hydrogen (secondary N) is 1. The van der Waals surface area contributed by atoms with Gasteiger partial charge < -0.3 is 11.1 Å². The Kier molecular flexibility index (Phi) is 4.52. The van der Waals surface area contributed by atoms with Crippen molar-refractivity contribution in [2.24, 2.45) is 0 Å². The molecule has 1 heterocycles. The van der Waals surface area contributed by atoms with Crippen LogP contribution in [0.15, 0.2) is 17.5 Å². The number of aryl methyl sites for hydroxylation is 1. The van der Waals surface area contributed by atoms with Gasteiger partial charge in [-0.2, -0.15) is 0 Å². The van der Waals surface area contributed by atoms with Gasteiger partial charge in [0, 0.05) is 16.8 Å². The average Bonchev–Trinajstić information content (AvgIpc) is 2.80. The third kappa shape index (κ3) is 3.23. The Labute approximate surface area is 130 Å². The largest absolute Gasteiger partial charge is 0.399 e. The maximum atomic E-state index is 12.2. The zero-order valence-electron chi connectivity index (χ0n) is 10.9. The molecule has 0 bridgehead atoms. The first-order chi connectivity index (χ1) is 9.38. The highest BCUT2D eigenvalue weighted by Crippen LogP contribution is 2.29. The van der Waals surface area contributed by atoms with E-state index in [0.29, 0.717) is 5.69 Å². The predicted octanol–water partition coefficient (Wildman–Crippen LogP) is 3.83. The summed E-state index contributed by atoms with van der Waals surface area (Å²) in [5.41, 5.74) is 7.26. The Morgan fingerprint density at radius 1 is 1.45 bits per heavy atom. The maximum Gasteiger partial charge on any atom is 0.253 e. The second-order valence-electron chi connectivity index (χ2n) is 4.39. The zero-order valence-corrected chi connectivity index (χ0v) is 13.2. The van der Waals surface area contributed by atoms with Crippen molar-refractivity contribution in [2.75, 3.05) is 5.73 Å². The molecule has 0 aliphatic carbocycles. The summed E-state index contributed by atoms with van der Waals surface area (Å²) >= 11 is 13.4. The first kappa shape index (κ1) is 15.1. The van der Waals surface area contributed by atoms with E-state index < -0.39 is 0 Å². The van der Waals surface area contributed by atoms with E-state index in [1.54, 1.807) is 0 Å². The van der Waals surface area contributed by atoms with Crippen LogP contribution in [-0.4, -0.2) is 10.9 Å². The Hall–Kier alpha value is -1.30. The quantitative estimate of drug-likeness (QED) is 0.841. The Morgan fingerprint density at radius 3 is 2.75 bits per heavy atom. The Morgan fingerprint density at radius 2 is 2.15 bits per heavy atom. The van der Waals surface area contributed by atoms with E-state index in [9.17, 15) is 4.79 Å². The van der Waals surface area contributed by atoms with Crippen LogP contribution in [0.5, 0.6) is 0 Å². The van der Waals surface area contributed by atoms with E-state index in [1.165, 1.54) is 23.5 Å². The topological polar surface area (TPSA) is 68.0 Å². The molecule has 0 fully saturated rings. The number of nitrogens with two attached hydrogens (primary N) is 1. The van der Waals surface area contributed by atoms with Gasteiger partial charge in [0.2, 0.25) is 0 Å². The smallest absolute Gasteiger partial charge is 0.253 e. The van der Waals surface area contributed by atoms with Crippen LogP contribution in [0.4, 0.5) is 5.69 Å². The minimum absolute atomic E-state index is 0.195. The van der Waals surface area contributed by atoms with E-state index >= 15 is 0 Å². The molecule has 0 spiro atoms. The van der Waals surface area contributed by atoms with Crippen molar-refractivity contribution in [2.45, 2.75) is 19.9 Å². The van der Waals surface area contributed by atoms with Crippen LogP contribution < -0.4 is 11.1 Å². The van der Waals surface area contributed by atoms with Gasteiger partial charge in [0.05, 0.1) is 21.7 Å². The average molecular weight is 330 g/mol. The molecule has 106 valence electrons. The standard InChI is InChI=1S/C13H13Cl2N3OS/c1-6-5-20-13(17-6)7(2)18-12(19)9-3-8(16)4-10(14)11(9)15/h3-5,7H,16H2,1-2H3,(H,18,19). The van der Waals surface area contributed by atoms with E-state index in [4.69, 9.17) is 28.9 Å². The van der Waals surface area contributed by atoms with Crippen LogP contribution >= 0.6 is 34.5 Å². The van der Waals surface area contributed by atoms with Crippen molar-refractivity contribution in [3.63, 3.8) is 0 Å². The van der Waals surface area contributed by atoms with Crippen molar-refractivity contribution in [3.8, 4) is 0 Å². The lowest BCUT2D eigenvalue weighted by molar-refractivity contribution is 0.0940. The molecule has 20 heavy (non-hydrogen) atoms. The second kappa shape index (κ2) is 5.99. The van der Waals surface area contributed by atoms with Gasteiger partial charge in [0.15, 0.2) is 0 Å². The molecule has 2 rings (SSSR count). The van der Waals surface area contributed by atoms with Crippen LogP contribution in [0, 0.1) is 6.92 Å². The highest BCUT2D eigenvalue weighted by atomic mass is 35.5. The summed E-state index contributed by atoms with van der Waals surface area (Å²) in [6, 6.07) is 2.80. The molecule has 7 heteroatoms. The normalized spacial score (nSPS) is 12.2. The fourth-order valence-corrected chi connectivity index (χ4v) is 2.91. The summed E-state index contributed by atoms with van der Waals surface area (Å²) in [7, 11) is 0. The SMILES string of the molecule is Cc1csc(C(C)NC(=O)c2cc(N)cc(Cl)c2Cl)n1. The summed E-state index contributed by atoms with van der Waals surface area (Å²) in [6.45, 7) is 3.76. The van der Waals surface area contributed by atoms with Gasteiger partial charge in [-0.25, -0.2) is 4.98 Å². The first-order valence-corrected chi connectivity index (χ1v) is 7.49. The fourth-order valence-electron chi connectivity index (χ4n) is 1.68. The molecular formula is C13H13Cl2N3OS. The molecule has 1 atom stereocenters. The fraction of sp³-hybridized carbons (Fsp3) is 0.231. The third-order valence-corrected chi connectivity index (χ3v) is 4.60. The lowest BCUT2D eigenvalue weighted by Gasteiger charge is -2.13. The molecule has 2 aromatic rings. The van der Waals surface area contributed by atoms with Gasteiger partial charge in [-0.1, -0.05) is 23.2 Å². The molecule has 0 saturated carbocycles. The van der Waals surface area contributed by atoms with E-state index in [-0.39, 0.29) is 27.6 Å². The van der Waals surface area contributed by atoms with E-state index in [0.717, 1.165) is 10.7 Å². The predicted molar refractivity (Wildman–Crippen MR) is 83.6 cm³/mol. The van der Waals surface area contributed by atoms with Crippen molar-refractivity contribution in [3.05, 3.63) is 43.8 Å². The number of anilines is 1. The summed E-state index contributed by atoms with van der Waals surface area (Å²) in [5.74, 6) is -0.329. The minimum atomic E-state index is -0.329. The number of hydrogen-bond donors (Lipinski definition) is 2. The minimum Gasteiger partial charge on any atom is -0.399 e. The number of carbonyl (C=O) groups is 1. The van der Waals surface area contributed by atoms with Gasteiger partial charge in [-0.15, -0.1) is 11.3 Å². The van der Waals surface area contributed by atoms with Crippen LogP contribution in [0.2, 0.25) is 10.0 Å². The summed E-state index contributed by atoms with van der Waals surface area (Å²) < 4.78 is 0. The lowest BCUT2D eigenvalue weighted by Crippen LogP contribution is -2.27. The van der Waals surface area contributed by atoms with Crippen molar-refractivity contribution in [1.82, 2.24) is 10.3 Å². The van der Waals surface area contributed by atoms with E-state index in [1.807, 2.05) is 19.2 Å². The first-order valence-electron chi connectivity index (χ1n) is 5.86. The van der Waals surface area contributed by atoms with Crippen molar-refractivity contribution >= 4 is 46.1 Å². The molecule has 1 unspecified atom stereocenters. The van der Waals surface area contributed by atoms with Crippen molar-refractivity contribution < 1.29 is 4.79 Å². The number of aromatic nitrogens is 1. The number of amides is 1. The number of nitrogen functional groups attached to an aromatic ring is 1. The Bertz CT molecular complexity index is 657. The van der Waals surface area contributed by atoms with Gasteiger partial charge in [0.1, 0.15) is 5.01 Å². The molecule has 1 aromatic heterocycles. The maximum absolute atomic E-state index is 12.2. The molecule has 0 aliphatic rings. The molecule has 0 aliphatic heterocycles. The number of benzene rings is 1. The lowest BCUT2D eigenvalue weighted by atomic mass is 10.1. The number of hydrogen-bond acceptors (Lipinski definition) is 4. The molecule has 1 amide bonds. The number of carbonyl (C=O) groups excluding carboxylic acids is 1. The molecular weight excluding hydrogens is 317 g/mol. The number of nitrogens with zero attached hydrogens (tertiary/aromatic N) is 1. The van der Waals surface area contributed by atoms with Gasteiger partial charge in [-0.05, 0) is 26.0 Å². The zero-order chi connectivity index (χ0) is 14.9.